The van der Waals surface area contributed by atoms with E-state index in [0.29, 0.717) is 0 Å². The zero-order chi connectivity index (χ0) is 6.97. The van der Waals surface area contributed by atoms with Gasteiger partial charge in [-0.3, -0.25) is 0 Å². The minimum Gasteiger partial charge on any atom is -0.330 e. The summed E-state index contributed by atoms with van der Waals surface area (Å²) in [6, 6.07) is 0.251. The summed E-state index contributed by atoms with van der Waals surface area (Å²) in [7, 11) is 0. The molecule has 10 heavy (non-hydrogen) atoms. The van der Waals surface area contributed by atoms with Crippen LogP contribution in [-0.4, -0.2) is 18.1 Å². The minimum absolute atomic E-state index is 0.0776. The van der Waals surface area contributed by atoms with Gasteiger partial charge in [-0.2, -0.15) is 0 Å². The SMILES string of the molecule is O=C1NC2C=CC=CC2N1. The second-order valence-corrected chi connectivity index (χ2v) is 2.44. The van der Waals surface area contributed by atoms with Crippen molar-refractivity contribution in [2.75, 3.05) is 0 Å². The van der Waals surface area contributed by atoms with Crippen molar-refractivity contribution >= 4 is 6.03 Å². The van der Waals surface area contributed by atoms with Gasteiger partial charge in [-0.1, -0.05) is 24.3 Å². The van der Waals surface area contributed by atoms with E-state index < -0.39 is 0 Å². The third kappa shape index (κ3) is 0.708. The van der Waals surface area contributed by atoms with Gasteiger partial charge in [0.15, 0.2) is 0 Å². The van der Waals surface area contributed by atoms with Crippen molar-refractivity contribution < 1.29 is 4.79 Å². The molecule has 3 heteroatoms. The van der Waals surface area contributed by atoms with Gasteiger partial charge in [-0.25, -0.2) is 4.79 Å². The van der Waals surface area contributed by atoms with Gasteiger partial charge < -0.3 is 10.6 Å². The van der Waals surface area contributed by atoms with Crippen LogP contribution in [0.4, 0.5) is 4.79 Å². The second kappa shape index (κ2) is 1.87. The molecule has 0 bridgehead atoms. The van der Waals surface area contributed by atoms with Crippen LogP contribution in [0.25, 0.3) is 0 Å². The molecule has 0 aromatic heterocycles. The van der Waals surface area contributed by atoms with Crippen molar-refractivity contribution in [2.45, 2.75) is 12.1 Å². The Kier molecular flexibility index (Phi) is 1.03. The molecule has 3 nitrogen and oxygen atoms in total. The lowest BCUT2D eigenvalue weighted by molar-refractivity contribution is 0.247. The van der Waals surface area contributed by atoms with Crippen molar-refractivity contribution in [3.05, 3.63) is 24.3 Å². The molecule has 1 heterocycles. The zero-order valence-electron chi connectivity index (χ0n) is 5.37. The van der Waals surface area contributed by atoms with Crippen molar-refractivity contribution in [1.82, 2.24) is 10.6 Å². The Morgan fingerprint density at radius 2 is 1.60 bits per heavy atom. The molecule has 2 aliphatic rings. The molecule has 2 rings (SSSR count). The summed E-state index contributed by atoms with van der Waals surface area (Å²) >= 11 is 0. The predicted octanol–water partition coefficient (Wildman–Crippen LogP) is 0.162. The van der Waals surface area contributed by atoms with Crippen LogP contribution in [0.5, 0.6) is 0 Å². The summed E-state index contributed by atoms with van der Waals surface area (Å²) < 4.78 is 0. The van der Waals surface area contributed by atoms with Crippen molar-refractivity contribution in [2.24, 2.45) is 0 Å². The first-order valence-corrected chi connectivity index (χ1v) is 3.28. The molecule has 2 amide bonds. The van der Waals surface area contributed by atoms with Crippen LogP contribution < -0.4 is 10.6 Å². The predicted molar refractivity (Wildman–Crippen MR) is 37.5 cm³/mol. The molecule has 2 N–H and O–H groups in total. The number of fused-ring (bicyclic) bond motifs is 1. The summed E-state index contributed by atoms with van der Waals surface area (Å²) in [5.41, 5.74) is 0. The number of nitrogens with one attached hydrogen (secondary N) is 2. The first-order chi connectivity index (χ1) is 4.86. The Labute approximate surface area is 58.8 Å². The largest absolute Gasteiger partial charge is 0.330 e. The highest BCUT2D eigenvalue weighted by Gasteiger charge is 2.27. The Bertz CT molecular complexity index is 198. The van der Waals surface area contributed by atoms with E-state index in [1.165, 1.54) is 0 Å². The summed E-state index contributed by atoms with van der Waals surface area (Å²) in [4.78, 5) is 10.7. The van der Waals surface area contributed by atoms with Crippen LogP contribution in [0.1, 0.15) is 0 Å². The number of allylic oxidation sites excluding steroid dienone is 2. The van der Waals surface area contributed by atoms with Crippen LogP contribution in [-0.2, 0) is 0 Å². The molecule has 1 saturated heterocycles. The number of carbonyl (C=O) groups is 1. The lowest BCUT2D eigenvalue weighted by Gasteiger charge is -2.12. The van der Waals surface area contributed by atoms with Gasteiger partial charge in [0, 0.05) is 0 Å². The highest BCUT2D eigenvalue weighted by atomic mass is 16.2. The van der Waals surface area contributed by atoms with Gasteiger partial charge in [0.1, 0.15) is 0 Å². The average Bonchev–Trinajstić information content (AvgIpc) is 2.27. The van der Waals surface area contributed by atoms with E-state index in [1.54, 1.807) is 0 Å². The Morgan fingerprint density at radius 1 is 1.10 bits per heavy atom. The maximum absolute atomic E-state index is 10.7. The van der Waals surface area contributed by atoms with Crippen LogP contribution in [0.15, 0.2) is 24.3 Å². The van der Waals surface area contributed by atoms with Gasteiger partial charge in [-0.05, 0) is 0 Å². The fourth-order valence-corrected chi connectivity index (χ4v) is 1.23. The normalized spacial score (nSPS) is 35.0. The zero-order valence-corrected chi connectivity index (χ0v) is 5.37. The molecule has 0 radical (unpaired) electrons. The van der Waals surface area contributed by atoms with Crippen molar-refractivity contribution in [1.29, 1.82) is 0 Å². The number of hydrogen-bond acceptors (Lipinski definition) is 1. The molecule has 1 aliphatic heterocycles. The van der Waals surface area contributed by atoms with Crippen molar-refractivity contribution in [3.8, 4) is 0 Å². The van der Waals surface area contributed by atoms with Crippen LogP contribution >= 0.6 is 0 Å². The van der Waals surface area contributed by atoms with Gasteiger partial charge >= 0.3 is 6.03 Å². The number of amides is 2. The van der Waals surface area contributed by atoms with E-state index in [0.717, 1.165) is 0 Å². The van der Waals surface area contributed by atoms with Crippen molar-refractivity contribution in [3.63, 3.8) is 0 Å². The van der Waals surface area contributed by atoms with E-state index in [1.807, 2.05) is 24.3 Å². The fourth-order valence-electron chi connectivity index (χ4n) is 1.23. The van der Waals surface area contributed by atoms with Gasteiger partial charge in [-0.15, -0.1) is 0 Å². The van der Waals surface area contributed by atoms with Gasteiger partial charge in [0.25, 0.3) is 0 Å². The number of hydrogen-bond donors (Lipinski definition) is 2. The molecule has 0 spiro atoms. The molecule has 2 unspecified atom stereocenters. The molecule has 2 atom stereocenters. The Balaban J connectivity index is 2.22. The van der Waals surface area contributed by atoms with E-state index in [9.17, 15) is 4.79 Å². The monoisotopic (exact) mass is 136 g/mol. The molecule has 1 aliphatic carbocycles. The third-order valence-electron chi connectivity index (χ3n) is 1.73. The highest BCUT2D eigenvalue weighted by Crippen LogP contribution is 2.08. The number of urea groups is 1. The number of rotatable bonds is 0. The molecule has 52 valence electrons. The van der Waals surface area contributed by atoms with Crippen LogP contribution in [0.2, 0.25) is 0 Å². The fraction of sp³-hybridized carbons (Fsp3) is 0.286. The Hall–Kier alpha value is -1.25. The Morgan fingerprint density at radius 3 is 2.10 bits per heavy atom. The molecular formula is C7H8N2O. The second-order valence-electron chi connectivity index (χ2n) is 2.44. The van der Waals surface area contributed by atoms with Gasteiger partial charge in [0.05, 0.1) is 12.1 Å². The molecule has 0 aromatic carbocycles. The molecule has 0 aromatic rings. The first-order valence-electron chi connectivity index (χ1n) is 3.28. The summed E-state index contributed by atoms with van der Waals surface area (Å²) in [5.74, 6) is 0. The van der Waals surface area contributed by atoms with Crippen LogP contribution in [0, 0.1) is 0 Å². The molecule has 1 fully saturated rings. The highest BCUT2D eigenvalue weighted by molar-refractivity contribution is 5.78. The molecular weight excluding hydrogens is 128 g/mol. The first kappa shape index (κ1) is 5.53. The summed E-state index contributed by atoms with van der Waals surface area (Å²) in [6.07, 6.45) is 7.83. The smallest absolute Gasteiger partial charge is 0.315 e. The maximum atomic E-state index is 10.7. The van der Waals surface area contributed by atoms with E-state index >= 15 is 0 Å². The molecule has 0 saturated carbocycles. The van der Waals surface area contributed by atoms with Crippen LogP contribution in [0.3, 0.4) is 0 Å². The van der Waals surface area contributed by atoms with E-state index in [4.69, 9.17) is 0 Å². The lowest BCUT2D eigenvalue weighted by atomic mass is 10.1. The average molecular weight is 136 g/mol. The standard InChI is InChI=1S/C7H8N2O/c10-7-8-5-3-1-2-4-6(5)9-7/h1-6H,(H2,8,9,10). The summed E-state index contributed by atoms with van der Waals surface area (Å²) in [5, 5.41) is 5.54. The van der Waals surface area contributed by atoms with E-state index in [-0.39, 0.29) is 18.1 Å². The lowest BCUT2D eigenvalue weighted by Crippen LogP contribution is -2.30. The maximum Gasteiger partial charge on any atom is 0.315 e. The van der Waals surface area contributed by atoms with Gasteiger partial charge in [0.2, 0.25) is 0 Å². The van der Waals surface area contributed by atoms with E-state index in [2.05, 4.69) is 10.6 Å². The summed E-state index contributed by atoms with van der Waals surface area (Å²) in [6.45, 7) is 0. The topological polar surface area (TPSA) is 41.1 Å². The quantitative estimate of drug-likeness (QED) is 0.489. The third-order valence-corrected chi connectivity index (χ3v) is 1.73. The minimum atomic E-state index is -0.0776. The number of carbonyl (C=O) groups excluding carboxylic acids is 1.